The summed E-state index contributed by atoms with van der Waals surface area (Å²) in [5, 5.41) is 0. The zero-order chi connectivity index (χ0) is 14.9. The molecule has 0 saturated carbocycles. The number of nitrogens with one attached hydrogen (secondary N) is 2. The van der Waals surface area contributed by atoms with Crippen LogP contribution in [0.25, 0.3) is 0 Å². The number of sulfonamides is 1. The van der Waals surface area contributed by atoms with E-state index in [1.807, 2.05) is 0 Å². The van der Waals surface area contributed by atoms with E-state index in [9.17, 15) is 13.2 Å². The second kappa shape index (κ2) is 5.10. The van der Waals surface area contributed by atoms with Gasteiger partial charge in [0, 0.05) is 25.6 Å². The average Bonchev–Trinajstić information content (AvgIpc) is 2.96. The fraction of sp³-hybridized carbons (Fsp3) is 0.273. The van der Waals surface area contributed by atoms with E-state index < -0.39 is 22.0 Å². The summed E-state index contributed by atoms with van der Waals surface area (Å²) in [7, 11) is -2.21. The normalized spacial score (nSPS) is 13.3. The SMILES string of the molecule is CC(NS(=O)(=O)c1cc(C(N)=O)n(C)c1)c1ncc[nH]1. The van der Waals surface area contributed by atoms with Crippen molar-refractivity contribution < 1.29 is 13.2 Å². The Balaban J connectivity index is 2.27. The zero-order valence-corrected chi connectivity index (χ0v) is 11.8. The van der Waals surface area contributed by atoms with Crippen LogP contribution in [0.15, 0.2) is 29.6 Å². The maximum absolute atomic E-state index is 12.2. The zero-order valence-electron chi connectivity index (χ0n) is 11.0. The lowest BCUT2D eigenvalue weighted by Crippen LogP contribution is -2.27. The lowest BCUT2D eigenvalue weighted by Gasteiger charge is -2.10. The molecular weight excluding hydrogens is 282 g/mol. The first kappa shape index (κ1) is 14.3. The van der Waals surface area contributed by atoms with Crippen LogP contribution in [0.3, 0.4) is 0 Å². The highest BCUT2D eigenvalue weighted by Gasteiger charge is 2.22. The number of hydrogen-bond acceptors (Lipinski definition) is 4. The molecule has 0 spiro atoms. The summed E-state index contributed by atoms with van der Waals surface area (Å²) in [6, 6.07) is 0.715. The minimum Gasteiger partial charge on any atom is -0.364 e. The predicted octanol–water partition coefficient (Wildman–Crippen LogP) is -0.113. The Morgan fingerprint density at radius 2 is 2.25 bits per heavy atom. The number of imidazole rings is 1. The first-order chi connectivity index (χ1) is 9.31. The Labute approximate surface area is 116 Å². The Morgan fingerprint density at radius 1 is 1.55 bits per heavy atom. The molecule has 0 saturated heterocycles. The van der Waals surface area contributed by atoms with Crippen molar-refractivity contribution in [3.05, 3.63) is 36.2 Å². The highest BCUT2D eigenvalue weighted by atomic mass is 32.2. The van der Waals surface area contributed by atoms with E-state index in [0.29, 0.717) is 5.82 Å². The number of amides is 1. The van der Waals surface area contributed by atoms with E-state index >= 15 is 0 Å². The fourth-order valence-electron chi connectivity index (χ4n) is 1.80. The molecule has 9 heteroatoms. The third-order valence-corrected chi connectivity index (χ3v) is 4.31. The van der Waals surface area contributed by atoms with Crippen LogP contribution in [0.5, 0.6) is 0 Å². The number of carbonyl (C=O) groups excluding carboxylic acids is 1. The number of nitrogens with zero attached hydrogens (tertiary/aromatic N) is 2. The maximum Gasteiger partial charge on any atom is 0.265 e. The van der Waals surface area contributed by atoms with Crippen molar-refractivity contribution in [3.63, 3.8) is 0 Å². The van der Waals surface area contributed by atoms with Gasteiger partial charge in [-0.1, -0.05) is 0 Å². The molecule has 2 rings (SSSR count). The molecule has 0 aliphatic heterocycles. The molecule has 0 fully saturated rings. The molecule has 4 N–H and O–H groups in total. The summed E-state index contributed by atoms with van der Waals surface area (Å²) in [6.07, 6.45) is 4.47. The lowest BCUT2D eigenvalue weighted by atomic mass is 10.3. The minimum atomic E-state index is -3.76. The fourth-order valence-corrected chi connectivity index (χ4v) is 3.07. The lowest BCUT2D eigenvalue weighted by molar-refractivity contribution is 0.0992. The van der Waals surface area contributed by atoms with Gasteiger partial charge in [0.2, 0.25) is 10.0 Å². The summed E-state index contributed by atoms with van der Waals surface area (Å²) in [6.45, 7) is 1.66. The van der Waals surface area contributed by atoms with Crippen LogP contribution in [0.1, 0.15) is 29.3 Å². The van der Waals surface area contributed by atoms with Crippen molar-refractivity contribution >= 4 is 15.9 Å². The number of H-pyrrole nitrogens is 1. The summed E-state index contributed by atoms with van der Waals surface area (Å²) in [4.78, 5) is 17.9. The predicted molar refractivity (Wildman–Crippen MR) is 71.3 cm³/mol. The Bertz CT molecular complexity index is 717. The molecule has 2 aromatic heterocycles. The molecule has 0 radical (unpaired) electrons. The van der Waals surface area contributed by atoms with Crippen molar-refractivity contribution in [2.75, 3.05) is 0 Å². The van der Waals surface area contributed by atoms with Gasteiger partial charge in [-0.3, -0.25) is 4.79 Å². The summed E-state index contributed by atoms with van der Waals surface area (Å²) in [5.74, 6) is -0.187. The number of rotatable bonds is 5. The maximum atomic E-state index is 12.2. The number of aryl methyl sites for hydroxylation is 1. The van der Waals surface area contributed by atoms with Gasteiger partial charge in [0.1, 0.15) is 16.4 Å². The number of primary amides is 1. The van der Waals surface area contributed by atoms with Crippen LogP contribution in [0.4, 0.5) is 0 Å². The monoisotopic (exact) mass is 297 g/mol. The van der Waals surface area contributed by atoms with Crippen molar-refractivity contribution in [1.29, 1.82) is 0 Å². The Morgan fingerprint density at radius 3 is 2.75 bits per heavy atom. The van der Waals surface area contributed by atoms with Crippen molar-refractivity contribution in [3.8, 4) is 0 Å². The van der Waals surface area contributed by atoms with Gasteiger partial charge in [0.15, 0.2) is 0 Å². The number of nitrogens with two attached hydrogens (primary N) is 1. The molecule has 0 aliphatic rings. The van der Waals surface area contributed by atoms with Crippen LogP contribution < -0.4 is 10.5 Å². The molecule has 1 unspecified atom stereocenters. The summed E-state index contributed by atoms with van der Waals surface area (Å²) < 4.78 is 28.3. The number of carbonyl (C=O) groups is 1. The van der Waals surface area contributed by atoms with Crippen LogP contribution in [0.2, 0.25) is 0 Å². The molecule has 0 bridgehead atoms. The van der Waals surface area contributed by atoms with Gasteiger partial charge in [-0.15, -0.1) is 0 Å². The molecule has 0 aliphatic carbocycles. The smallest absolute Gasteiger partial charge is 0.265 e. The Hall–Kier alpha value is -2.13. The van der Waals surface area contributed by atoms with Gasteiger partial charge >= 0.3 is 0 Å². The molecule has 0 aromatic carbocycles. The van der Waals surface area contributed by atoms with E-state index in [2.05, 4.69) is 14.7 Å². The third kappa shape index (κ3) is 2.73. The van der Waals surface area contributed by atoms with Gasteiger partial charge in [-0.05, 0) is 13.0 Å². The van der Waals surface area contributed by atoms with Gasteiger partial charge in [-0.25, -0.2) is 18.1 Å². The summed E-state index contributed by atoms with van der Waals surface area (Å²) in [5.41, 5.74) is 5.28. The van der Waals surface area contributed by atoms with Crippen LogP contribution in [-0.4, -0.2) is 28.9 Å². The molecule has 8 nitrogen and oxygen atoms in total. The first-order valence-corrected chi connectivity index (χ1v) is 7.27. The first-order valence-electron chi connectivity index (χ1n) is 5.79. The van der Waals surface area contributed by atoms with Crippen LogP contribution in [0, 0.1) is 0 Å². The van der Waals surface area contributed by atoms with E-state index in [1.54, 1.807) is 20.2 Å². The quantitative estimate of drug-likeness (QED) is 0.712. The molecule has 1 amide bonds. The van der Waals surface area contributed by atoms with Crippen LogP contribution >= 0.6 is 0 Å². The van der Waals surface area contributed by atoms with Gasteiger partial charge in [0.05, 0.1) is 6.04 Å². The van der Waals surface area contributed by atoms with E-state index in [-0.39, 0.29) is 10.6 Å². The van der Waals surface area contributed by atoms with Crippen molar-refractivity contribution in [2.24, 2.45) is 12.8 Å². The van der Waals surface area contributed by atoms with Crippen LogP contribution in [-0.2, 0) is 17.1 Å². The molecule has 2 aromatic rings. The Kier molecular flexibility index (Phi) is 3.64. The summed E-state index contributed by atoms with van der Waals surface area (Å²) >= 11 is 0. The molecule has 1 atom stereocenters. The van der Waals surface area contributed by atoms with Crippen molar-refractivity contribution in [1.82, 2.24) is 19.3 Å². The van der Waals surface area contributed by atoms with E-state index in [1.165, 1.54) is 23.0 Å². The molecule has 2 heterocycles. The average molecular weight is 297 g/mol. The van der Waals surface area contributed by atoms with Gasteiger partial charge < -0.3 is 15.3 Å². The topological polar surface area (TPSA) is 123 Å². The van der Waals surface area contributed by atoms with Gasteiger partial charge in [-0.2, -0.15) is 0 Å². The third-order valence-electron chi connectivity index (χ3n) is 2.80. The standard InChI is InChI=1S/C11H15N5O3S/c1-7(11-13-3-4-14-11)15-20(18,19)8-5-9(10(12)17)16(2)6-8/h3-7,15H,1-2H3,(H2,12,17)(H,13,14). The largest absolute Gasteiger partial charge is 0.364 e. The minimum absolute atomic E-state index is 0.0211. The number of aromatic nitrogens is 3. The highest BCUT2D eigenvalue weighted by molar-refractivity contribution is 7.89. The number of hydrogen-bond donors (Lipinski definition) is 3. The number of aromatic amines is 1. The second-order valence-corrected chi connectivity index (χ2v) is 6.07. The highest BCUT2D eigenvalue weighted by Crippen LogP contribution is 2.16. The van der Waals surface area contributed by atoms with Gasteiger partial charge in [0.25, 0.3) is 5.91 Å². The van der Waals surface area contributed by atoms with E-state index in [4.69, 9.17) is 5.73 Å². The molecular formula is C11H15N5O3S. The molecule has 108 valence electrons. The van der Waals surface area contributed by atoms with E-state index in [0.717, 1.165) is 0 Å². The second-order valence-electron chi connectivity index (χ2n) is 4.35. The van der Waals surface area contributed by atoms with Crippen molar-refractivity contribution in [2.45, 2.75) is 17.9 Å². The molecule has 20 heavy (non-hydrogen) atoms.